The summed E-state index contributed by atoms with van der Waals surface area (Å²) in [5.41, 5.74) is 1.42. The molecule has 0 saturated heterocycles. The predicted octanol–water partition coefficient (Wildman–Crippen LogP) is 2.57. The van der Waals surface area contributed by atoms with Crippen molar-refractivity contribution in [2.24, 2.45) is 0 Å². The van der Waals surface area contributed by atoms with Crippen molar-refractivity contribution in [3.8, 4) is 5.69 Å². The van der Waals surface area contributed by atoms with Crippen LogP contribution in [0, 0.1) is 17.0 Å². The number of non-ortho nitro benzene ring substituents is 1. The molecule has 0 bridgehead atoms. The lowest BCUT2D eigenvalue weighted by molar-refractivity contribution is -0.385. The molecule has 0 saturated carbocycles. The smallest absolute Gasteiger partial charge is 0.270 e. The number of imidazole rings is 1. The van der Waals surface area contributed by atoms with Crippen molar-refractivity contribution in [1.29, 1.82) is 0 Å². The minimum Gasteiger partial charge on any atom is -0.304 e. The molecule has 0 aliphatic heterocycles. The third kappa shape index (κ3) is 3.79. The van der Waals surface area contributed by atoms with E-state index >= 15 is 0 Å². The standard InChI is InChI=1S/C17H16N4O4S/c1-13-18-9-10-20(13)15-7-5-14(6-8-15)12-19-26(24,25)17-4-2-3-16(11-17)21(22)23/h2-11,19H,12H2,1H3. The molecule has 0 radical (unpaired) electrons. The second-order valence-corrected chi connectivity index (χ2v) is 7.36. The number of hydrogen-bond acceptors (Lipinski definition) is 5. The van der Waals surface area contributed by atoms with E-state index in [0.717, 1.165) is 23.1 Å². The molecule has 8 nitrogen and oxygen atoms in total. The van der Waals surface area contributed by atoms with E-state index in [9.17, 15) is 18.5 Å². The van der Waals surface area contributed by atoms with Crippen LogP contribution >= 0.6 is 0 Å². The molecular weight excluding hydrogens is 356 g/mol. The van der Waals surface area contributed by atoms with E-state index in [2.05, 4.69) is 9.71 Å². The van der Waals surface area contributed by atoms with E-state index in [1.54, 1.807) is 6.20 Å². The molecule has 0 unspecified atom stereocenters. The molecule has 134 valence electrons. The highest BCUT2D eigenvalue weighted by atomic mass is 32.2. The lowest BCUT2D eigenvalue weighted by atomic mass is 10.2. The molecule has 1 heterocycles. The SMILES string of the molecule is Cc1nccn1-c1ccc(CNS(=O)(=O)c2cccc([N+](=O)[O-])c2)cc1. The summed E-state index contributed by atoms with van der Waals surface area (Å²) in [6.07, 6.45) is 3.55. The molecule has 1 aromatic heterocycles. The van der Waals surface area contributed by atoms with Gasteiger partial charge in [0.1, 0.15) is 5.82 Å². The van der Waals surface area contributed by atoms with E-state index in [1.165, 1.54) is 18.2 Å². The molecule has 0 fully saturated rings. The minimum atomic E-state index is -3.84. The van der Waals surface area contributed by atoms with Crippen LogP contribution in [0.5, 0.6) is 0 Å². The number of rotatable bonds is 6. The lowest BCUT2D eigenvalue weighted by Gasteiger charge is -2.09. The van der Waals surface area contributed by atoms with E-state index < -0.39 is 14.9 Å². The van der Waals surface area contributed by atoms with Crippen molar-refractivity contribution < 1.29 is 13.3 Å². The number of nitro benzene ring substituents is 1. The molecule has 3 aromatic rings. The van der Waals surface area contributed by atoms with Gasteiger partial charge in [-0.05, 0) is 30.7 Å². The molecular formula is C17H16N4O4S. The van der Waals surface area contributed by atoms with Crippen LogP contribution in [0.1, 0.15) is 11.4 Å². The Hall–Kier alpha value is -3.04. The van der Waals surface area contributed by atoms with Gasteiger partial charge in [-0.1, -0.05) is 18.2 Å². The van der Waals surface area contributed by atoms with E-state index in [-0.39, 0.29) is 17.1 Å². The first-order valence-electron chi connectivity index (χ1n) is 7.70. The summed E-state index contributed by atoms with van der Waals surface area (Å²) in [6.45, 7) is 1.97. The summed E-state index contributed by atoms with van der Waals surface area (Å²) < 4.78 is 29.0. The summed E-state index contributed by atoms with van der Waals surface area (Å²) in [7, 11) is -3.84. The zero-order valence-corrected chi connectivity index (χ0v) is 14.7. The van der Waals surface area contributed by atoms with E-state index in [0.29, 0.717) is 0 Å². The maximum Gasteiger partial charge on any atom is 0.270 e. The molecule has 2 aromatic carbocycles. The Morgan fingerprint density at radius 1 is 1.19 bits per heavy atom. The molecule has 0 spiro atoms. The number of nitrogens with zero attached hydrogens (tertiary/aromatic N) is 3. The van der Waals surface area contributed by atoms with Crippen molar-refractivity contribution in [3.05, 3.63) is 82.4 Å². The van der Waals surface area contributed by atoms with Gasteiger partial charge >= 0.3 is 0 Å². The Morgan fingerprint density at radius 2 is 1.92 bits per heavy atom. The van der Waals surface area contributed by atoms with Crippen molar-refractivity contribution in [3.63, 3.8) is 0 Å². The zero-order valence-electron chi connectivity index (χ0n) is 13.9. The summed E-state index contributed by atoms with van der Waals surface area (Å²) in [5, 5.41) is 10.8. The molecule has 0 aliphatic rings. The highest BCUT2D eigenvalue weighted by molar-refractivity contribution is 7.89. The molecule has 0 amide bonds. The minimum absolute atomic E-state index is 0.0776. The van der Waals surface area contributed by atoms with Crippen LogP contribution in [-0.2, 0) is 16.6 Å². The van der Waals surface area contributed by atoms with Crippen LogP contribution in [-0.4, -0.2) is 22.9 Å². The second kappa shape index (κ2) is 7.06. The fourth-order valence-electron chi connectivity index (χ4n) is 2.45. The Bertz CT molecular complexity index is 1040. The molecule has 9 heteroatoms. The third-order valence-corrected chi connectivity index (χ3v) is 5.24. The van der Waals surface area contributed by atoms with Crippen molar-refractivity contribution >= 4 is 15.7 Å². The van der Waals surface area contributed by atoms with Gasteiger partial charge in [0.05, 0.1) is 9.82 Å². The lowest BCUT2D eigenvalue weighted by Crippen LogP contribution is -2.23. The molecule has 1 N–H and O–H groups in total. The average molecular weight is 372 g/mol. The number of nitro groups is 1. The van der Waals surface area contributed by atoms with E-state index in [4.69, 9.17) is 0 Å². The number of sulfonamides is 1. The first kappa shape index (κ1) is 17.8. The van der Waals surface area contributed by atoms with Crippen LogP contribution in [0.3, 0.4) is 0 Å². The van der Waals surface area contributed by atoms with Gasteiger partial charge in [0.2, 0.25) is 10.0 Å². The van der Waals surface area contributed by atoms with Gasteiger partial charge in [0.25, 0.3) is 5.69 Å². The first-order chi connectivity index (χ1) is 12.4. The summed E-state index contributed by atoms with van der Waals surface area (Å²) >= 11 is 0. The van der Waals surface area contributed by atoms with Gasteiger partial charge < -0.3 is 4.57 Å². The highest BCUT2D eigenvalue weighted by Crippen LogP contribution is 2.18. The molecule has 3 rings (SSSR count). The van der Waals surface area contributed by atoms with Crippen LogP contribution in [0.4, 0.5) is 5.69 Å². The van der Waals surface area contributed by atoms with Gasteiger partial charge in [0.15, 0.2) is 0 Å². The van der Waals surface area contributed by atoms with Gasteiger partial charge in [-0.2, -0.15) is 0 Å². The second-order valence-electron chi connectivity index (χ2n) is 5.59. The summed E-state index contributed by atoms with van der Waals surface area (Å²) in [5.74, 6) is 0.851. The maximum absolute atomic E-state index is 12.3. The van der Waals surface area contributed by atoms with Crippen molar-refractivity contribution in [2.75, 3.05) is 0 Å². The van der Waals surface area contributed by atoms with Crippen molar-refractivity contribution in [1.82, 2.24) is 14.3 Å². The molecule has 26 heavy (non-hydrogen) atoms. The quantitative estimate of drug-likeness (QED) is 0.528. The molecule has 0 aliphatic carbocycles. The first-order valence-corrected chi connectivity index (χ1v) is 9.18. The number of benzene rings is 2. The predicted molar refractivity (Wildman–Crippen MR) is 95.4 cm³/mol. The van der Waals surface area contributed by atoms with Crippen LogP contribution in [0.25, 0.3) is 5.69 Å². The average Bonchev–Trinajstić information content (AvgIpc) is 3.06. The fourth-order valence-corrected chi connectivity index (χ4v) is 3.51. The number of hydrogen-bond donors (Lipinski definition) is 1. The monoisotopic (exact) mass is 372 g/mol. The Kier molecular flexibility index (Phi) is 4.83. The largest absolute Gasteiger partial charge is 0.304 e. The molecule has 0 atom stereocenters. The van der Waals surface area contributed by atoms with Gasteiger partial charge in [-0.25, -0.2) is 18.1 Å². The topological polar surface area (TPSA) is 107 Å². The third-order valence-electron chi connectivity index (χ3n) is 3.85. The number of nitrogens with one attached hydrogen (secondary N) is 1. The van der Waals surface area contributed by atoms with Gasteiger partial charge in [0, 0.05) is 36.8 Å². The van der Waals surface area contributed by atoms with Gasteiger partial charge in [-0.15, -0.1) is 0 Å². The normalized spacial score (nSPS) is 11.4. The Labute approximate surface area is 150 Å². The van der Waals surface area contributed by atoms with Gasteiger partial charge in [-0.3, -0.25) is 10.1 Å². The van der Waals surface area contributed by atoms with Crippen LogP contribution in [0.2, 0.25) is 0 Å². The highest BCUT2D eigenvalue weighted by Gasteiger charge is 2.17. The summed E-state index contributed by atoms with van der Waals surface area (Å²) in [6, 6.07) is 12.3. The fraction of sp³-hybridized carbons (Fsp3) is 0.118. The zero-order chi connectivity index (χ0) is 18.7. The van der Waals surface area contributed by atoms with Crippen LogP contribution < -0.4 is 4.72 Å². The van der Waals surface area contributed by atoms with Crippen molar-refractivity contribution in [2.45, 2.75) is 18.4 Å². The summed E-state index contributed by atoms with van der Waals surface area (Å²) in [4.78, 5) is 14.2. The maximum atomic E-state index is 12.3. The Morgan fingerprint density at radius 3 is 2.54 bits per heavy atom. The number of aromatic nitrogens is 2. The van der Waals surface area contributed by atoms with Crippen LogP contribution in [0.15, 0.2) is 65.8 Å². The Balaban J connectivity index is 1.73. The number of aryl methyl sites for hydroxylation is 1. The van der Waals surface area contributed by atoms with E-state index in [1.807, 2.05) is 42.0 Å².